The number of amidine groups is 1. The highest BCUT2D eigenvalue weighted by atomic mass is 32.2. The summed E-state index contributed by atoms with van der Waals surface area (Å²) >= 11 is 1.41. The van der Waals surface area contributed by atoms with E-state index in [1.165, 1.54) is 72.8 Å². The molecule has 1 amide bonds. The zero-order valence-corrected chi connectivity index (χ0v) is 24.2. The Bertz CT molecular complexity index is 1510. The van der Waals surface area contributed by atoms with Crippen molar-refractivity contribution in [2.24, 2.45) is 22.7 Å². The summed E-state index contributed by atoms with van der Waals surface area (Å²) in [5.74, 6) is 2.78. The van der Waals surface area contributed by atoms with Crippen molar-refractivity contribution in [2.45, 2.75) is 71.6 Å². The largest absolute Gasteiger partial charge is 0.318 e. The van der Waals surface area contributed by atoms with Crippen LogP contribution in [-0.2, 0) is 10.2 Å². The van der Waals surface area contributed by atoms with E-state index in [0.717, 1.165) is 34.7 Å². The highest BCUT2D eigenvalue weighted by molar-refractivity contribution is 8.18. The van der Waals surface area contributed by atoms with Gasteiger partial charge in [-0.15, -0.1) is 0 Å². The van der Waals surface area contributed by atoms with Gasteiger partial charge in [0.25, 0.3) is 5.91 Å². The maximum absolute atomic E-state index is 12.8. The molecule has 2 aromatic carbocycles. The van der Waals surface area contributed by atoms with Gasteiger partial charge in [-0.05, 0) is 160 Å². The molecular formula is C34H37N3OS. The molecule has 5 heteroatoms. The molecule has 3 aromatic rings. The lowest BCUT2D eigenvalue weighted by Crippen LogP contribution is -2.48. The maximum atomic E-state index is 12.8. The highest BCUT2D eigenvalue weighted by Gasteiger charge is 2.51. The van der Waals surface area contributed by atoms with E-state index in [0.29, 0.717) is 15.5 Å². The second-order valence-electron chi connectivity index (χ2n) is 12.7. The molecule has 0 radical (unpaired) electrons. The Hall–Kier alpha value is -3.05. The number of thioether (sulfide) groups is 1. The Balaban J connectivity index is 1.13. The van der Waals surface area contributed by atoms with Crippen molar-refractivity contribution in [3.8, 4) is 5.69 Å². The Morgan fingerprint density at radius 2 is 1.56 bits per heavy atom. The van der Waals surface area contributed by atoms with Gasteiger partial charge in [0, 0.05) is 17.1 Å². The summed E-state index contributed by atoms with van der Waals surface area (Å²) in [5, 5.41) is 3.57. The zero-order valence-electron chi connectivity index (χ0n) is 23.4. The number of hydrogen-bond acceptors (Lipinski definition) is 3. The third-order valence-electron chi connectivity index (χ3n) is 9.91. The van der Waals surface area contributed by atoms with Crippen LogP contribution in [0.15, 0.2) is 58.4 Å². The number of benzene rings is 2. The molecule has 1 aliphatic heterocycles. The molecule has 1 saturated heterocycles. The van der Waals surface area contributed by atoms with Gasteiger partial charge in [0.2, 0.25) is 0 Å². The van der Waals surface area contributed by atoms with E-state index in [-0.39, 0.29) is 5.91 Å². The molecule has 4 nitrogen and oxygen atoms in total. The number of nitrogens with one attached hydrogen (secondary N) is 1. The van der Waals surface area contributed by atoms with Crippen LogP contribution >= 0.6 is 11.8 Å². The molecule has 0 unspecified atom stereocenters. The third-order valence-corrected chi connectivity index (χ3v) is 10.8. The minimum atomic E-state index is -0.0905. The quantitative estimate of drug-likeness (QED) is 0.343. The van der Waals surface area contributed by atoms with Crippen molar-refractivity contribution in [1.29, 1.82) is 0 Å². The molecule has 39 heavy (non-hydrogen) atoms. The van der Waals surface area contributed by atoms with Gasteiger partial charge in [-0.2, -0.15) is 0 Å². The summed E-state index contributed by atoms with van der Waals surface area (Å²) in [5.41, 5.74) is 9.87. The molecule has 4 saturated carbocycles. The van der Waals surface area contributed by atoms with Crippen LogP contribution in [0.5, 0.6) is 0 Å². The molecule has 0 spiro atoms. The number of aryl methyl sites for hydroxylation is 3. The standard InChI is InChI=1S/C34H37N3OS/c1-20-5-8-29(11-21(20)2)35-33-36-32(38)31(39-33)16-27-12-22(3)37(23(27)4)30-9-6-28(7-10-30)34-17-24-13-25(18-34)15-26(14-24)19-34/h5-12,16,24-26H,13-15,17-19H2,1-4H3,(H,35,36,38)/b31-16-. The molecule has 4 aliphatic carbocycles. The number of aliphatic imine (C=N–C) groups is 1. The van der Waals surface area contributed by atoms with Crippen LogP contribution in [0.4, 0.5) is 5.69 Å². The zero-order chi connectivity index (χ0) is 26.9. The van der Waals surface area contributed by atoms with Crippen LogP contribution in [-0.4, -0.2) is 15.6 Å². The predicted molar refractivity (Wildman–Crippen MR) is 162 cm³/mol. The lowest BCUT2D eigenvalue weighted by atomic mass is 9.48. The fraction of sp³-hybridized carbons (Fsp3) is 0.412. The van der Waals surface area contributed by atoms with Crippen molar-refractivity contribution < 1.29 is 4.79 Å². The fourth-order valence-electron chi connectivity index (χ4n) is 8.29. The summed E-state index contributed by atoms with van der Waals surface area (Å²) in [6, 6.07) is 17.8. The normalized spacial score (nSPS) is 29.5. The van der Waals surface area contributed by atoms with Crippen molar-refractivity contribution in [2.75, 3.05) is 0 Å². The van der Waals surface area contributed by atoms with E-state index in [2.05, 4.69) is 85.0 Å². The summed E-state index contributed by atoms with van der Waals surface area (Å²) in [4.78, 5) is 18.1. The average molecular weight is 536 g/mol. The molecule has 1 N–H and O–H groups in total. The van der Waals surface area contributed by atoms with Crippen molar-refractivity contribution >= 4 is 34.6 Å². The van der Waals surface area contributed by atoms with Crippen LogP contribution in [0.3, 0.4) is 0 Å². The molecule has 1 aromatic heterocycles. The van der Waals surface area contributed by atoms with E-state index in [1.54, 1.807) is 5.56 Å². The molecule has 8 rings (SSSR count). The first-order chi connectivity index (χ1) is 18.8. The van der Waals surface area contributed by atoms with Crippen molar-refractivity contribution in [3.63, 3.8) is 0 Å². The molecular weight excluding hydrogens is 498 g/mol. The van der Waals surface area contributed by atoms with Gasteiger partial charge in [-0.1, -0.05) is 18.2 Å². The predicted octanol–water partition coefficient (Wildman–Crippen LogP) is 8.07. The van der Waals surface area contributed by atoms with Gasteiger partial charge in [0.05, 0.1) is 10.6 Å². The smallest absolute Gasteiger partial charge is 0.264 e. The summed E-state index contributed by atoms with van der Waals surface area (Å²) in [6.45, 7) is 8.47. The third kappa shape index (κ3) is 4.39. The number of nitrogens with zero attached hydrogens (tertiary/aromatic N) is 2. The highest BCUT2D eigenvalue weighted by Crippen LogP contribution is 2.60. The van der Waals surface area contributed by atoms with Gasteiger partial charge in [0.15, 0.2) is 5.17 Å². The van der Waals surface area contributed by atoms with E-state index < -0.39 is 0 Å². The van der Waals surface area contributed by atoms with E-state index >= 15 is 0 Å². The van der Waals surface area contributed by atoms with Gasteiger partial charge >= 0.3 is 0 Å². The monoisotopic (exact) mass is 535 g/mol. The van der Waals surface area contributed by atoms with Gasteiger partial charge in [-0.3, -0.25) is 4.79 Å². The van der Waals surface area contributed by atoms with Crippen molar-refractivity contribution in [3.05, 3.63) is 87.1 Å². The first-order valence-electron chi connectivity index (χ1n) is 14.4. The first-order valence-corrected chi connectivity index (χ1v) is 15.2. The van der Waals surface area contributed by atoms with Crippen LogP contribution in [0.1, 0.15) is 72.2 Å². The summed E-state index contributed by atoms with van der Waals surface area (Å²) in [6.07, 6.45) is 10.6. The average Bonchev–Trinajstić information content (AvgIpc) is 3.37. The number of rotatable bonds is 4. The number of carbonyl (C=O) groups is 1. The van der Waals surface area contributed by atoms with Gasteiger partial charge in [-0.25, -0.2) is 4.99 Å². The van der Waals surface area contributed by atoms with Crippen LogP contribution in [0, 0.1) is 45.4 Å². The Labute approximate surface area is 236 Å². The SMILES string of the molecule is Cc1ccc(N=C2NC(=O)/C(=C/c3cc(C)n(-c4ccc(C56CC7CC(CC(C7)C5)C6)cc4)c3C)S2)cc1C. The second-order valence-corrected chi connectivity index (χ2v) is 13.7. The lowest BCUT2D eigenvalue weighted by molar-refractivity contribution is -0.115. The molecule has 5 aliphatic rings. The number of amides is 1. The minimum absolute atomic E-state index is 0.0905. The number of aromatic nitrogens is 1. The van der Waals surface area contributed by atoms with Crippen LogP contribution in [0.2, 0.25) is 0 Å². The second kappa shape index (κ2) is 9.26. The number of hydrogen-bond donors (Lipinski definition) is 1. The summed E-state index contributed by atoms with van der Waals surface area (Å²) in [7, 11) is 0. The van der Waals surface area contributed by atoms with E-state index in [9.17, 15) is 4.79 Å². The molecule has 2 heterocycles. The lowest BCUT2D eigenvalue weighted by Gasteiger charge is -2.57. The Morgan fingerprint density at radius 1 is 0.897 bits per heavy atom. The Kier molecular flexibility index (Phi) is 5.93. The molecule has 200 valence electrons. The summed E-state index contributed by atoms with van der Waals surface area (Å²) < 4.78 is 2.32. The van der Waals surface area contributed by atoms with Crippen LogP contribution in [0.25, 0.3) is 11.8 Å². The molecule has 5 fully saturated rings. The first kappa shape index (κ1) is 25.0. The molecule has 4 bridgehead atoms. The number of carbonyl (C=O) groups excluding carboxylic acids is 1. The van der Waals surface area contributed by atoms with Crippen LogP contribution < -0.4 is 5.32 Å². The maximum Gasteiger partial charge on any atom is 0.264 e. The molecule has 0 atom stereocenters. The topological polar surface area (TPSA) is 46.4 Å². The van der Waals surface area contributed by atoms with E-state index in [1.807, 2.05) is 12.1 Å². The Morgan fingerprint density at radius 3 is 2.21 bits per heavy atom. The van der Waals surface area contributed by atoms with Crippen molar-refractivity contribution in [1.82, 2.24) is 9.88 Å². The van der Waals surface area contributed by atoms with E-state index in [4.69, 9.17) is 0 Å². The van der Waals surface area contributed by atoms with Gasteiger partial charge in [0.1, 0.15) is 0 Å². The fourth-order valence-corrected chi connectivity index (χ4v) is 9.13. The minimum Gasteiger partial charge on any atom is -0.318 e. The van der Waals surface area contributed by atoms with Gasteiger partial charge < -0.3 is 9.88 Å².